The van der Waals surface area contributed by atoms with Gasteiger partial charge in [0.25, 0.3) is 5.91 Å². The zero-order valence-corrected chi connectivity index (χ0v) is 12.6. The van der Waals surface area contributed by atoms with Crippen molar-refractivity contribution in [3.8, 4) is 0 Å². The molecule has 1 heterocycles. The van der Waals surface area contributed by atoms with Gasteiger partial charge in [0.2, 0.25) is 0 Å². The van der Waals surface area contributed by atoms with Crippen LogP contribution in [0.3, 0.4) is 0 Å². The summed E-state index contributed by atoms with van der Waals surface area (Å²) in [7, 11) is 1.28. The van der Waals surface area contributed by atoms with Crippen LogP contribution in [-0.4, -0.2) is 23.6 Å². The summed E-state index contributed by atoms with van der Waals surface area (Å²) in [6.45, 7) is 0. The average molecular weight is 324 g/mol. The molecule has 0 N–H and O–H groups in total. The Balaban J connectivity index is 2.40. The normalized spacial score (nSPS) is 10.8. The maximum absolute atomic E-state index is 12.5. The van der Waals surface area contributed by atoms with Crippen LogP contribution in [0.25, 0.3) is 6.08 Å². The lowest BCUT2D eigenvalue weighted by Gasteiger charge is -2.08. The Morgan fingerprint density at radius 1 is 1.14 bits per heavy atom. The maximum atomic E-state index is 12.5. The summed E-state index contributed by atoms with van der Waals surface area (Å²) in [4.78, 5) is 23.6. The number of hydrogen-bond acceptors (Lipinski definition) is 3. The Morgan fingerprint density at radius 3 is 2.43 bits per heavy atom. The number of carbonyl (C=O) groups is 2. The molecule has 2 aromatic rings. The maximum Gasteiger partial charge on any atom is 0.330 e. The van der Waals surface area contributed by atoms with Crippen LogP contribution in [-0.2, 0) is 9.53 Å². The highest BCUT2D eigenvalue weighted by Gasteiger charge is 2.17. The highest BCUT2D eigenvalue weighted by atomic mass is 35.5. The summed E-state index contributed by atoms with van der Waals surface area (Å²) in [5.74, 6) is -0.883. The van der Waals surface area contributed by atoms with Gasteiger partial charge in [0.05, 0.1) is 22.7 Å². The molecule has 0 unspecified atom stereocenters. The first kappa shape index (κ1) is 15.4. The van der Waals surface area contributed by atoms with Crippen molar-refractivity contribution in [2.45, 2.75) is 0 Å². The molecular formula is C15H11Cl2NO3. The van der Waals surface area contributed by atoms with Gasteiger partial charge in [0.1, 0.15) is 0 Å². The molecule has 4 nitrogen and oxygen atoms in total. The summed E-state index contributed by atoms with van der Waals surface area (Å²) in [6, 6.07) is 8.21. The molecule has 2 rings (SSSR count). The first-order valence-electron chi connectivity index (χ1n) is 5.96. The molecule has 0 saturated heterocycles. The van der Waals surface area contributed by atoms with E-state index in [1.807, 2.05) is 0 Å². The fourth-order valence-electron chi connectivity index (χ4n) is 1.76. The van der Waals surface area contributed by atoms with Gasteiger partial charge >= 0.3 is 5.97 Å². The quantitative estimate of drug-likeness (QED) is 0.639. The van der Waals surface area contributed by atoms with E-state index < -0.39 is 5.97 Å². The minimum atomic E-state index is -0.508. The summed E-state index contributed by atoms with van der Waals surface area (Å²) in [5, 5.41) is 0.535. The number of benzene rings is 1. The van der Waals surface area contributed by atoms with Crippen LogP contribution in [0.15, 0.2) is 42.6 Å². The SMILES string of the molecule is COC(=O)C=Cc1cccn1C(=O)c1c(Cl)cccc1Cl. The number of methoxy groups -OCH3 is 1. The number of halogens is 2. The van der Waals surface area contributed by atoms with Gasteiger partial charge in [-0.3, -0.25) is 9.36 Å². The van der Waals surface area contributed by atoms with E-state index in [0.29, 0.717) is 5.69 Å². The highest BCUT2D eigenvalue weighted by Crippen LogP contribution is 2.25. The van der Waals surface area contributed by atoms with E-state index in [1.165, 1.54) is 23.8 Å². The molecule has 0 bridgehead atoms. The number of nitrogens with zero attached hydrogens (tertiary/aromatic N) is 1. The topological polar surface area (TPSA) is 48.3 Å². The van der Waals surface area contributed by atoms with E-state index in [2.05, 4.69) is 4.74 Å². The van der Waals surface area contributed by atoms with Crippen molar-refractivity contribution in [3.63, 3.8) is 0 Å². The second-order valence-electron chi connectivity index (χ2n) is 4.06. The molecule has 0 spiro atoms. The predicted octanol–water partition coefficient (Wildman–Crippen LogP) is 3.67. The lowest BCUT2D eigenvalue weighted by atomic mass is 10.2. The van der Waals surface area contributed by atoms with Crippen LogP contribution in [0, 0.1) is 0 Å². The largest absolute Gasteiger partial charge is 0.466 e. The number of ether oxygens (including phenoxy) is 1. The van der Waals surface area contributed by atoms with Gasteiger partial charge in [-0.2, -0.15) is 0 Å². The van der Waals surface area contributed by atoms with Crippen molar-refractivity contribution in [1.82, 2.24) is 4.57 Å². The van der Waals surface area contributed by atoms with E-state index >= 15 is 0 Å². The van der Waals surface area contributed by atoms with Gasteiger partial charge in [-0.1, -0.05) is 29.3 Å². The smallest absolute Gasteiger partial charge is 0.330 e. The van der Waals surface area contributed by atoms with Crippen molar-refractivity contribution >= 4 is 41.2 Å². The molecule has 0 saturated carbocycles. The van der Waals surface area contributed by atoms with Crippen molar-refractivity contribution in [2.75, 3.05) is 7.11 Å². The molecule has 0 radical (unpaired) electrons. The van der Waals surface area contributed by atoms with E-state index in [0.717, 1.165) is 0 Å². The van der Waals surface area contributed by atoms with Crippen LogP contribution in [0.1, 0.15) is 16.1 Å². The Labute approximate surface area is 131 Å². The third kappa shape index (κ3) is 3.35. The average Bonchev–Trinajstić information content (AvgIpc) is 2.92. The van der Waals surface area contributed by atoms with Crippen molar-refractivity contribution in [2.24, 2.45) is 0 Å². The molecule has 0 aliphatic rings. The molecule has 0 amide bonds. The van der Waals surface area contributed by atoms with Crippen molar-refractivity contribution < 1.29 is 14.3 Å². The Kier molecular flexibility index (Phi) is 4.83. The molecule has 0 fully saturated rings. The van der Waals surface area contributed by atoms with E-state index in [1.54, 1.807) is 36.5 Å². The third-order valence-electron chi connectivity index (χ3n) is 2.77. The standard InChI is InChI=1S/C15H11Cl2NO3/c1-21-13(19)8-7-10-4-3-9-18(10)15(20)14-11(16)5-2-6-12(14)17/h2-9H,1H3. The van der Waals surface area contributed by atoms with Crippen LogP contribution in [0.2, 0.25) is 10.0 Å². The van der Waals surface area contributed by atoms with E-state index in [4.69, 9.17) is 23.2 Å². The van der Waals surface area contributed by atoms with E-state index in [-0.39, 0.29) is 21.5 Å². The summed E-state index contributed by atoms with van der Waals surface area (Å²) in [5.41, 5.74) is 0.728. The van der Waals surface area contributed by atoms with Crippen molar-refractivity contribution in [3.05, 3.63) is 63.9 Å². The predicted molar refractivity (Wildman–Crippen MR) is 81.7 cm³/mol. The fraction of sp³-hybridized carbons (Fsp3) is 0.0667. The molecule has 0 atom stereocenters. The molecule has 1 aromatic carbocycles. The number of esters is 1. The summed E-state index contributed by atoms with van der Waals surface area (Å²) >= 11 is 12.1. The summed E-state index contributed by atoms with van der Waals surface area (Å²) in [6.07, 6.45) is 4.28. The van der Waals surface area contributed by atoms with Crippen LogP contribution < -0.4 is 0 Å². The molecule has 0 aliphatic carbocycles. The monoisotopic (exact) mass is 323 g/mol. The van der Waals surface area contributed by atoms with E-state index in [9.17, 15) is 9.59 Å². The van der Waals surface area contributed by atoms with Gasteiger partial charge in [-0.15, -0.1) is 0 Å². The lowest BCUT2D eigenvalue weighted by Crippen LogP contribution is -2.13. The van der Waals surface area contributed by atoms with Gasteiger partial charge in [-0.05, 0) is 30.3 Å². The Morgan fingerprint density at radius 2 is 1.81 bits per heavy atom. The minimum absolute atomic E-state index is 0.213. The number of rotatable bonds is 3. The van der Waals surface area contributed by atoms with Gasteiger partial charge in [0.15, 0.2) is 0 Å². The molecule has 1 aromatic heterocycles. The Hall–Kier alpha value is -2.04. The first-order valence-corrected chi connectivity index (χ1v) is 6.72. The zero-order chi connectivity index (χ0) is 15.4. The first-order chi connectivity index (χ1) is 10.0. The molecule has 108 valence electrons. The highest BCUT2D eigenvalue weighted by molar-refractivity contribution is 6.39. The molecule has 6 heteroatoms. The van der Waals surface area contributed by atoms with Crippen LogP contribution in [0.4, 0.5) is 0 Å². The van der Waals surface area contributed by atoms with Crippen molar-refractivity contribution in [1.29, 1.82) is 0 Å². The molecule has 0 aliphatic heterocycles. The Bertz CT molecular complexity index is 699. The number of carbonyl (C=O) groups excluding carboxylic acids is 2. The minimum Gasteiger partial charge on any atom is -0.466 e. The fourth-order valence-corrected chi connectivity index (χ4v) is 2.32. The third-order valence-corrected chi connectivity index (χ3v) is 3.40. The summed E-state index contributed by atoms with van der Waals surface area (Å²) < 4.78 is 5.86. The second kappa shape index (κ2) is 6.61. The number of hydrogen-bond donors (Lipinski definition) is 0. The number of aromatic nitrogens is 1. The second-order valence-corrected chi connectivity index (χ2v) is 4.88. The lowest BCUT2D eigenvalue weighted by molar-refractivity contribution is -0.134. The van der Waals surface area contributed by atoms with Crippen LogP contribution in [0.5, 0.6) is 0 Å². The molecular weight excluding hydrogens is 313 g/mol. The van der Waals surface area contributed by atoms with Crippen LogP contribution >= 0.6 is 23.2 Å². The zero-order valence-electron chi connectivity index (χ0n) is 11.0. The van der Waals surface area contributed by atoms with Gasteiger partial charge in [0, 0.05) is 18.0 Å². The molecule has 21 heavy (non-hydrogen) atoms. The van der Waals surface area contributed by atoms with Gasteiger partial charge < -0.3 is 4.74 Å². The van der Waals surface area contributed by atoms with Gasteiger partial charge in [-0.25, -0.2) is 4.79 Å².